The Labute approximate surface area is 113 Å². The van der Waals surface area contributed by atoms with Crippen LogP contribution in [0.5, 0.6) is 0 Å². The third kappa shape index (κ3) is 2.19. The summed E-state index contributed by atoms with van der Waals surface area (Å²) in [5, 5.41) is 4.97. The predicted molar refractivity (Wildman–Crippen MR) is 78.5 cm³/mol. The zero-order valence-electron chi connectivity index (χ0n) is 11.0. The van der Waals surface area contributed by atoms with Gasteiger partial charge < -0.3 is 10.2 Å². The van der Waals surface area contributed by atoms with Crippen molar-refractivity contribution < 1.29 is 0 Å². The zero-order chi connectivity index (χ0) is 12.7. The van der Waals surface area contributed by atoms with Crippen molar-refractivity contribution >= 4 is 16.6 Å². The molecule has 1 saturated heterocycles. The van der Waals surface area contributed by atoms with Gasteiger partial charge in [0.15, 0.2) is 0 Å². The molecule has 19 heavy (non-hydrogen) atoms. The van der Waals surface area contributed by atoms with Gasteiger partial charge in [-0.05, 0) is 31.4 Å². The lowest BCUT2D eigenvalue weighted by Gasteiger charge is -2.20. The first-order chi connectivity index (χ1) is 9.40. The van der Waals surface area contributed by atoms with Gasteiger partial charge in [0.25, 0.3) is 0 Å². The average molecular weight is 253 g/mol. The molecule has 3 heteroatoms. The summed E-state index contributed by atoms with van der Waals surface area (Å²) in [5.41, 5.74) is 2.43. The van der Waals surface area contributed by atoms with Crippen LogP contribution in [0.15, 0.2) is 36.5 Å². The van der Waals surface area contributed by atoms with E-state index >= 15 is 0 Å². The maximum Gasteiger partial charge on any atom is 0.0935 e. The summed E-state index contributed by atoms with van der Waals surface area (Å²) in [6.45, 7) is 2.26. The number of hydrogen-bond donors (Lipinski definition) is 1. The fourth-order valence-corrected chi connectivity index (χ4v) is 3.04. The van der Waals surface area contributed by atoms with Gasteiger partial charge in [-0.2, -0.15) is 0 Å². The summed E-state index contributed by atoms with van der Waals surface area (Å²) in [5.74, 6) is 0. The molecular weight excluding hydrogens is 234 g/mol. The maximum atomic E-state index is 4.56. The second-order valence-corrected chi connectivity index (χ2v) is 5.72. The molecule has 0 amide bonds. The van der Waals surface area contributed by atoms with Gasteiger partial charge in [0, 0.05) is 36.8 Å². The van der Waals surface area contributed by atoms with Gasteiger partial charge in [0.1, 0.15) is 0 Å². The summed E-state index contributed by atoms with van der Waals surface area (Å²) < 4.78 is 0. The third-order valence-electron chi connectivity index (χ3n) is 4.19. The second kappa shape index (κ2) is 4.49. The van der Waals surface area contributed by atoms with Crippen LogP contribution in [0.25, 0.3) is 10.9 Å². The predicted octanol–water partition coefficient (Wildman–Crippen LogP) is 2.57. The zero-order valence-corrected chi connectivity index (χ0v) is 11.0. The van der Waals surface area contributed by atoms with Crippen molar-refractivity contribution in [2.24, 2.45) is 0 Å². The van der Waals surface area contributed by atoms with Crippen molar-refractivity contribution in [3.05, 3.63) is 36.5 Å². The molecule has 0 spiro atoms. The lowest BCUT2D eigenvalue weighted by atomic mass is 10.2. The molecule has 1 aliphatic carbocycles. The minimum Gasteiger partial charge on any atom is -0.368 e. The SMILES string of the molecule is c1cnc2c(N3CCC(NC4CC4)C3)cccc2c1. The number of fused-ring (bicyclic) bond motifs is 1. The second-order valence-electron chi connectivity index (χ2n) is 5.72. The number of para-hydroxylation sites is 1. The number of aromatic nitrogens is 1. The van der Waals surface area contributed by atoms with Gasteiger partial charge in [0.2, 0.25) is 0 Å². The van der Waals surface area contributed by atoms with Crippen molar-refractivity contribution in [1.82, 2.24) is 10.3 Å². The van der Waals surface area contributed by atoms with E-state index < -0.39 is 0 Å². The van der Waals surface area contributed by atoms with E-state index in [1.54, 1.807) is 0 Å². The highest BCUT2D eigenvalue weighted by Gasteiger charge is 2.29. The quantitative estimate of drug-likeness (QED) is 0.911. The standard InChI is InChI=1S/C16H19N3/c1-3-12-4-2-9-17-16(12)15(5-1)19-10-8-14(11-19)18-13-6-7-13/h1-5,9,13-14,18H,6-8,10-11H2. The number of nitrogens with one attached hydrogen (secondary N) is 1. The molecular formula is C16H19N3. The number of pyridine rings is 1. The molecule has 0 radical (unpaired) electrons. The molecule has 0 bridgehead atoms. The number of hydrogen-bond acceptors (Lipinski definition) is 3. The highest BCUT2D eigenvalue weighted by molar-refractivity contribution is 5.90. The van der Waals surface area contributed by atoms with Crippen LogP contribution in [-0.2, 0) is 0 Å². The summed E-state index contributed by atoms with van der Waals surface area (Å²) in [4.78, 5) is 7.04. The van der Waals surface area contributed by atoms with Crippen LogP contribution in [0, 0.1) is 0 Å². The Morgan fingerprint density at radius 2 is 1.95 bits per heavy atom. The molecule has 1 aromatic carbocycles. The summed E-state index contributed by atoms with van der Waals surface area (Å²) in [6, 6.07) is 12.1. The molecule has 1 unspecified atom stereocenters. The normalized spacial score (nSPS) is 23.2. The Morgan fingerprint density at radius 3 is 2.84 bits per heavy atom. The molecule has 1 saturated carbocycles. The monoisotopic (exact) mass is 253 g/mol. The minimum absolute atomic E-state index is 0.659. The van der Waals surface area contributed by atoms with Crippen molar-refractivity contribution in [3.63, 3.8) is 0 Å². The Bertz CT molecular complexity index is 586. The first kappa shape index (κ1) is 11.2. The Kier molecular flexibility index (Phi) is 2.66. The Morgan fingerprint density at radius 1 is 1.05 bits per heavy atom. The van der Waals surface area contributed by atoms with E-state index in [2.05, 4.69) is 39.5 Å². The fourth-order valence-electron chi connectivity index (χ4n) is 3.04. The fraction of sp³-hybridized carbons (Fsp3) is 0.438. The molecule has 98 valence electrons. The number of nitrogens with zero attached hydrogens (tertiary/aromatic N) is 2. The molecule has 2 fully saturated rings. The van der Waals surface area contributed by atoms with Gasteiger partial charge in [-0.15, -0.1) is 0 Å². The highest BCUT2D eigenvalue weighted by atomic mass is 15.2. The molecule has 1 atom stereocenters. The van der Waals surface area contributed by atoms with Crippen molar-refractivity contribution in [3.8, 4) is 0 Å². The van der Waals surface area contributed by atoms with Crippen LogP contribution in [0.2, 0.25) is 0 Å². The highest BCUT2D eigenvalue weighted by Crippen LogP contribution is 2.29. The third-order valence-corrected chi connectivity index (χ3v) is 4.19. The largest absolute Gasteiger partial charge is 0.368 e. The summed E-state index contributed by atoms with van der Waals surface area (Å²) in [7, 11) is 0. The van der Waals surface area contributed by atoms with E-state index in [-0.39, 0.29) is 0 Å². The van der Waals surface area contributed by atoms with E-state index in [1.807, 2.05) is 12.3 Å². The summed E-state index contributed by atoms with van der Waals surface area (Å²) in [6.07, 6.45) is 5.88. The van der Waals surface area contributed by atoms with Gasteiger partial charge in [-0.25, -0.2) is 0 Å². The number of rotatable bonds is 3. The van der Waals surface area contributed by atoms with Crippen LogP contribution in [-0.4, -0.2) is 30.2 Å². The van der Waals surface area contributed by atoms with Crippen molar-refractivity contribution in [2.45, 2.75) is 31.3 Å². The smallest absolute Gasteiger partial charge is 0.0935 e. The minimum atomic E-state index is 0.659. The molecule has 2 aromatic rings. The number of anilines is 1. The first-order valence-corrected chi connectivity index (χ1v) is 7.25. The van der Waals surface area contributed by atoms with Crippen LogP contribution in [0.4, 0.5) is 5.69 Å². The Hall–Kier alpha value is -1.61. The molecule has 2 aliphatic rings. The molecule has 1 N–H and O–H groups in total. The van der Waals surface area contributed by atoms with Crippen LogP contribution in [0.1, 0.15) is 19.3 Å². The van der Waals surface area contributed by atoms with Crippen molar-refractivity contribution in [2.75, 3.05) is 18.0 Å². The van der Waals surface area contributed by atoms with Gasteiger partial charge in [-0.1, -0.05) is 18.2 Å². The van der Waals surface area contributed by atoms with E-state index in [0.717, 1.165) is 24.6 Å². The molecule has 1 aliphatic heterocycles. The maximum absolute atomic E-state index is 4.56. The molecule has 3 nitrogen and oxygen atoms in total. The van der Waals surface area contributed by atoms with E-state index in [4.69, 9.17) is 0 Å². The van der Waals surface area contributed by atoms with Gasteiger partial charge in [-0.3, -0.25) is 4.98 Å². The van der Waals surface area contributed by atoms with Gasteiger partial charge in [0.05, 0.1) is 11.2 Å². The van der Waals surface area contributed by atoms with Crippen molar-refractivity contribution in [1.29, 1.82) is 0 Å². The lowest BCUT2D eigenvalue weighted by Crippen LogP contribution is -2.34. The first-order valence-electron chi connectivity index (χ1n) is 7.25. The van der Waals surface area contributed by atoms with E-state index in [0.29, 0.717) is 6.04 Å². The van der Waals surface area contributed by atoms with E-state index in [1.165, 1.54) is 30.3 Å². The van der Waals surface area contributed by atoms with Gasteiger partial charge >= 0.3 is 0 Å². The molecule has 1 aromatic heterocycles. The molecule has 2 heterocycles. The summed E-state index contributed by atoms with van der Waals surface area (Å²) >= 11 is 0. The van der Waals surface area contributed by atoms with Crippen LogP contribution in [0.3, 0.4) is 0 Å². The average Bonchev–Trinajstić information content (AvgIpc) is 3.14. The van der Waals surface area contributed by atoms with E-state index in [9.17, 15) is 0 Å². The topological polar surface area (TPSA) is 28.2 Å². The van der Waals surface area contributed by atoms with Crippen LogP contribution >= 0.6 is 0 Å². The van der Waals surface area contributed by atoms with Crippen LogP contribution < -0.4 is 10.2 Å². The molecule has 4 rings (SSSR count). The number of benzene rings is 1. The lowest BCUT2D eigenvalue weighted by molar-refractivity contribution is 0.548. The Balaban J connectivity index is 1.60.